The van der Waals surface area contributed by atoms with Gasteiger partial charge in [0.1, 0.15) is 12.2 Å². The summed E-state index contributed by atoms with van der Waals surface area (Å²) in [5, 5.41) is 6.36. The number of carbonyl (C=O) groups excluding carboxylic acids is 3. The summed E-state index contributed by atoms with van der Waals surface area (Å²) < 4.78 is 11.7. The van der Waals surface area contributed by atoms with E-state index in [1.807, 2.05) is 31.2 Å². The third kappa shape index (κ3) is 4.40. The highest BCUT2D eigenvalue weighted by Gasteiger charge is 2.27. The van der Waals surface area contributed by atoms with Crippen LogP contribution in [0.25, 0.3) is 16.8 Å². The molecule has 1 fully saturated rings. The van der Waals surface area contributed by atoms with Crippen LogP contribution in [-0.2, 0) is 16.2 Å². The molecule has 31 heavy (non-hydrogen) atoms. The predicted octanol–water partition coefficient (Wildman–Crippen LogP) is 3.57. The van der Waals surface area contributed by atoms with Crippen LogP contribution in [0.5, 0.6) is 11.5 Å². The first-order chi connectivity index (χ1) is 15.0. The molecule has 1 aliphatic heterocycles. The van der Waals surface area contributed by atoms with Crippen LogP contribution in [0.1, 0.15) is 18.1 Å². The Bertz CT molecular complexity index is 1190. The molecule has 7 nitrogen and oxygen atoms in total. The molecule has 2 N–H and O–H groups in total. The molecule has 4 rings (SSSR count). The lowest BCUT2D eigenvalue weighted by molar-refractivity contribution is -0.123. The molecular weight excluding hydrogens is 396 g/mol. The van der Waals surface area contributed by atoms with Gasteiger partial charge in [-0.05, 0) is 47.0 Å². The van der Waals surface area contributed by atoms with Gasteiger partial charge in [-0.1, -0.05) is 48.5 Å². The van der Waals surface area contributed by atoms with E-state index in [1.54, 1.807) is 18.2 Å². The van der Waals surface area contributed by atoms with E-state index < -0.39 is 17.8 Å². The number of urea groups is 1. The van der Waals surface area contributed by atoms with Gasteiger partial charge in [-0.15, -0.1) is 0 Å². The van der Waals surface area contributed by atoms with Gasteiger partial charge in [0, 0.05) is 0 Å². The van der Waals surface area contributed by atoms with E-state index in [0.29, 0.717) is 30.3 Å². The second-order valence-electron chi connectivity index (χ2n) is 6.86. The van der Waals surface area contributed by atoms with Crippen LogP contribution in [0.15, 0.2) is 66.2 Å². The number of barbiturate groups is 1. The fourth-order valence-corrected chi connectivity index (χ4v) is 3.35. The van der Waals surface area contributed by atoms with Crippen LogP contribution in [0, 0.1) is 0 Å². The number of hydrogen-bond donors (Lipinski definition) is 2. The summed E-state index contributed by atoms with van der Waals surface area (Å²) in [4.78, 5) is 35.1. The third-order valence-electron chi connectivity index (χ3n) is 4.79. The first-order valence-electron chi connectivity index (χ1n) is 9.80. The van der Waals surface area contributed by atoms with Crippen LogP contribution < -0.4 is 20.1 Å². The Morgan fingerprint density at radius 1 is 0.839 bits per heavy atom. The summed E-state index contributed by atoms with van der Waals surface area (Å²) in [5.41, 5.74) is 1.45. The first-order valence-corrected chi connectivity index (χ1v) is 9.80. The average Bonchev–Trinajstić information content (AvgIpc) is 2.76. The highest BCUT2D eigenvalue weighted by Crippen LogP contribution is 2.31. The second kappa shape index (κ2) is 8.71. The lowest BCUT2D eigenvalue weighted by atomic mass is 10.1. The number of amides is 4. The molecule has 0 atom stereocenters. The Labute approximate surface area is 178 Å². The number of hydrogen-bond acceptors (Lipinski definition) is 5. The van der Waals surface area contributed by atoms with Crippen molar-refractivity contribution in [2.24, 2.45) is 0 Å². The van der Waals surface area contributed by atoms with Gasteiger partial charge in [0.05, 0.1) is 6.61 Å². The summed E-state index contributed by atoms with van der Waals surface area (Å²) in [5.74, 6) is -0.458. The van der Waals surface area contributed by atoms with Crippen LogP contribution in [0.4, 0.5) is 4.79 Å². The van der Waals surface area contributed by atoms with Crippen LogP contribution in [0.2, 0.25) is 0 Å². The third-order valence-corrected chi connectivity index (χ3v) is 4.79. The van der Waals surface area contributed by atoms with Crippen molar-refractivity contribution in [3.8, 4) is 11.5 Å². The number of rotatable bonds is 6. The maximum atomic E-state index is 11.9. The highest BCUT2D eigenvalue weighted by atomic mass is 16.5. The van der Waals surface area contributed by atoms with Gasteiger partial charge in [-0.25, -0.2) is 4.79 Å². The molecule has 0 radical (unpaired) electrons. The molecule has 1 saturated heterocycles. The van der Waals surface area contributed by atoms with Crippen molar-refractivity contribution in [2.45, 2.75) is 13.5 Å². The van der Waals surface area contributed by atoms with E-state index in [9.17, 15) is 14.4 Å². The lowest BCUT2D eigenvalue weighted by Crippen LogP contribution is -2.51. The molecule has 7 heteroatoms. The summed E-state index contributed by atoms with van der Waals surface area (Å²) in [6.45, 7) is 2.63. The van der Waals surface area contributed by atoms with Gasteiger partial charge in [-0.3, -0.25) is 20.2 Å². The van der Waals surface area contributed by atoms with Gasteiger partial charge < -0.3 is 9.47 Å². The first kappa shape index (κ1) is 20.2. The summed E-state index contributed by atoms with van der Waals surface area (Å²) in [7, 11) is 0. The van der Waals surface area contributed by atoms with Crippen molar-refractivity contribution in [2.75, 3.05) is 6.61 Å². The van der Waals surface area contributed by atoms with Gasteiger partial charge in [0.15, 0.2) is 11.5 Å². The van der Waals surface area contributed by atoms with Crippen molar-refractivity contribution in [3.63, 3.8) is 0 Å². The summed E-state index contributed by atoms with van der Waals surface area (Å²) in [6, 6.07) is 18.4. The molecule has 156 valence electrons. The zero-order valence-electron chi connectivity index (χ0n) is 16.8. The minimum atomic E-state index is -0.834. The molecule has 1 aliphatic rings. The standard InChI is InChI=1S/C24H20N2O5/c1-2-30-21-13-15(12-19-22(27)25-24(29)26-23(19)28)10-11-20(21)31-14-17-8-5-7-16-6-3-4-9-18(16)17/h3-13H,2,14H2,1H3,(H2,25,26,27,28,29). The zero-order chi connectivity index (χ0) is 21.8. The monoisotopic (exact) mass is 416 g/mol. The van der Waals surface area contributed by atoms with Crippen LogP contribution in [0.3, 0.4) is 0 Å². The summed E-state index contributed by atoms with van der Waals surface area (Å²) in [6.07, 6.45) is 1.40. The minimum absolute atomic E-state index is 0.161. The fraction of sp³-hybridized carbons (Fsp3) is 0.125. The minimum Gasteiger partial charge on any atom is -0.490 e. The van der Waals surface area contributed by atoms with Crippen molar-refractivity contribution in [1.82, 2.24) is 10.6 Å². The van der Waals surface area contributed by atoms with Crippen LogP contribution in [-0.4, -0.2) is 24.5 Å². The molecule has 3 aromatic rings. The smallest absolute Gasteiger partial charge is 0.328 e. The maximum absolute atomic E-state index is 11.9. The van der Waals surface area contributed by atoms with Gasteiger partial charge in [0.25, 0.3) is 11.8 Å². The lowest BCUT2D eigenvalue weighted by Gasteiger charge is -2.15. The molecule has 0 aliphatic carbocycles. The topological polar surface area (TPSA) is 93.7 Å². The molecule has 0 saturated carbocycles. The van der Waals surface area contributed by atoms with E-state index in [4.69, 9.17) is 9.47 Å². The van der Waals surface area contributed by atoms with E-state index >= 15 is 0 Å². The van der Waals surface area contributed by atoms with E-state index in [2.05, 4.69) is 28.8 Å². The predicted molar refractivity (Wildman–Crippen MR) is 116 cm³/mol. The number of imide groups is 2. The Balaban J connectivity index is 1.59. The average molecular weight is 416 g/mol. The van der Waals surface area contributed by atoms with Gasteiger partial charge in [-0.2, -0.15) is 0 Å². The summed E-state index contributed by atoms with van der Waals surface area (Å²) >= 11 is 0. The Kier molecular flexibility index (Phi) is 5.66. The number of fused-ring (bicyclic) bond motifs is 1. The molecule has 1 heterocycles. The number of nitrogens with one attached hydrogen (secondary N) is 2. The normalized spacial score (nSPS) is 13.6. The molecule has 0 unspecified atom stereocenters. The van der Waals surface area contributed by atoms with E-state index in [-0.39, 0.29) is 5.57 Å². The molecular formula is C24H20N2O5. The van der Waals surface area contributed by atoms with E-state index in [1.165, 1.54) is 6.08 Å². The molecule has 0 aromatic heterocycles. The van der Waals surface area contributed by atoms with E-state index in [0.717, 1.165) is 16.3 Å². The second-order valence-corrected chi connectivity index (χ2v) is 6.86. The van der Waals surface area contributed by atoms with Crippen LogP contribution >= 0.6 is 0 Å². The molecule has 0 spiro atoms. The van der Waals surface area contributed by atoms with Crippen molar-refractivity contribution >= 4 is 34.7 Å². The SMILES string of the molecule is CCOc1cc(C=C2C(=O)NC(=O)NC2=O)ccc1OCc1cccc2ccccc12. The zero-order valence-corrected chi connectivity index (χ0v) is 16.8. The number of benzene rings is 3. The Hall–Kier alpha value is -4.13. The molecule has 4 amide bonds. The van der Waals surface area contributed by atoms with Crippen molar-refractivity contribution < 1.29 is 23.9 Å². The Morgan fingerprint density at radius 2 is 1.58 bits per heavy atom. The van der Waals surface area contributed by atoms with Crippen molar-refractivity contribution in [3.05, 3.63) is 77.4 Å². The van der Waals surface area contributed by atoms with Crippen molar-refractivity contribution in [1.29, 1.82) is 0 Å². The van der Waals surface area contributed by atoms with Gasteiger partial charge in [0.2, 0.25) is 0 Å². The number of ether oxygens (including phenoxy) is 2. The van der Waals surface area contributed by atoms with Gasteiger partial charge >= 0.3 is 6.03 Å². The Morgan fingerprint density at radius 3 is 2.35 bits per heavy atom. The fourth-order valence-electron chi connectivity index (χ4n) is 3.35. The highest BCUT2D eigenvalue weighted by molar-refractivity contribution is 6.31. The maximum Gasteiger partial charge on any atom is 0.328 e. The number of carbonyl (C=O) groups is 3. The molecule has 0 bridgehead atoms. The largest absolute Gasteiger partial charge is 0.490 e. The molecule has 3 aromatic carbocycles. The quantitative estimate of drug-likeness (QED) is 0.473.